The van der Waals surface area contributed by atoms with E-state index in [1.54, 1.807) is 19.3 Å². The largest absolute Gasteiger partial charge is 0.392 e. The Hall–Kier alpha value is -1.49. The summed E-state index contributed by atoms with van der Waals surface area (Å²) in [5, 5.41) is 2.88. The molecule has 1 aromatic rings. The maximum absolute atomic E-state index is 12.0. The van der Waals surface area contributed by atoms with Gasteiger partial charge in [-0.3, -0.25) is 9.78 Å². The van der Waals surface area contributed by atoms with Crippen molar-refractivity contribution in [1.29, 1.82) is 0 Å². The Labute approximate surface area is 113 Å². The normalized spacial score (nSPS) is 13.7. The van der Waals surface area contributed by atoms with Crippen molar-refractivity contribution in [2.24, 2.45) is 11.1 Å². The van der Waals surface area contributed by atoms with Gasteiger partial charge in [0, 0.05) is 18.9 Å². The van der Waals surface area contributed by atoms with E-state index in [4.69, 9.17) is 18.0 Å². The minimum Gasteiger partial charge on any atom is -0.392 e. The molecule has 4 nitrogen and oxygen atoms in total. The third kappa shape index (κ3) is 3.50. The zero-order chi connectivity index (χ0) is 13.6. The van der Waals surface area contributed by atoms with E-state index in [9.17, 15) is 4.79 Å². The third-order valence-electron chi connectivity index (χ3n) is 3.20. The number of nitrogens with one attached hydrogen (secondary N) is 1. The van der Waals surface area contributed by atoms with Gasteiger partial charge < -0.3 is 11.1 Å². The van der Waals surface area contributed by atoms with Crippen molar-refractivity contribution in [2.75, 3.05) is 6.54 Å². The standard InChI is InChI=1S/C13H19N3OS/c1-3-13(2,11(14)18)12(17)16-9-6-10-4-7-15-8-5-10/h4-5,7-8H,3,6,9H2,1-2H3,(H2,14,18)(H,16,17). The van der Waals surface area contributed by atoms with Gasteiger partial charge in [0.15, 0.2) is 0 Å². The van der Waals surface area contributed by atoms with Gasteiger partial charge in [-0.25, -0.2) is 0 Å². The highest BCUT2D eigenvalue weighted by Crippen LogP contribution is 2.21. The van der Waals surface area contributed by atoms with Crippen LogP contribution >= 0.6 is 12.2 Å². The van der Waals surface area contributed by atoms with Gasteiger partial charge in [-0.15, -0.1) is 0 Å². The van der Waals surface area contributed by atoms with Crippen LogP contribution in [0.15, 0.2) is 24.5 Å². The molecule has 0 aliphatic carbocycles. The zero-order valence-corrected chi connectivity index (χ0v) is 11.6. The Kier molecular flexibility index (Phi) is 5.22. The van der Waals surface area contributed by atoms with Crippen LogP contribution in [-0.4, -0.2) is 22.4 Å². The molecular formula is C13H19N3OS. The van der Waals surface area contributed by atoms with Crippen molar-refractivity contribution in [2.45, 2.75) is 26.7 Å². The summed E-state index contributed by atoms with van der Waals surface area (Å²) in [6, 6.07) is 3.86. The van der Waals surface area contributed by atoms with Crippen LogP contribution in [0, 0.1) is 5.41 Å². The molecule has 0 saturated carbocycles. The molecule has 1 aromatic heterocycles. The molecule has 0 bridgehead atoms. The van der Waals surface area contributed by atoms with Gasteiger partial charge in [-0.05, 0) is 37.5 Å². The Balaban J connectivity index is 2.49. The summed E-state index contributed by atoms with van der Waals surface area (Å²) in [6.45, 7) is 4.25. The van der Waals surface area contributed by atoms with Crippen molar-refractivity contribution in [1.82, 2.24) is 10.3 Å². The molecule has 0 spiro atoms. The molecule has 1 atom stereocenters. The van der Waals surface area contributed by atoms with E-state index in [0.717, 1.165) is 12.0 Å². The summed E-state index contributed by atoms with van der Waals surface area (Å²) in [7, 11) is 0. The number of nitrogens with two attached hydrogens (primary N) is 1. The van der Waals surface area contributed by atoms with E-state index in [0.29, 0.717) is 13.0 Å². The molecule has 1 amide bonds. The molecule has 0 saturated heterocycles. The van der Waals surface area contributed by atoms with Crippen molar-refractivity contribution in [3.05, 3.63) is 30.1 Å². The lowest BCUT2D eigenvalue weighted by Crippen LogP contribution is -2.47. The third-order valence-corrected chi connectivity index (χ3v) is 3.65. The number of carbonyl (C=O) groups excluding carboxylic acids is 1. The molecule has 0 radical (unpaired) electrons. The van der Waals surface area contributed by atoms with E-state index in [1.165, 1.54) is 0 Å². The quantitative estimate of drug-likeness (QED) is 0.764. The van der Waals surface area contributed by atoms with E-state index < -0.39 is 5.41 Å². The van der Waals surface area contributed by atoms with Crippen LogP contribution in [0.1, 0.15) is 25.8 Å². The number of amides is 1. The highest BCUT2D eigenvalue weighted by Gasteiger charge is 2.34. The van der Waals surface area contributed by atoms with Crippen molar-refractivity contribution in [3.63, 3.8) is 0 Å². The number of carbonyl (C=O) groups is 1. The summed E-state index contributed by atoms with van der Waals surface area (Å²) in [5.41, 5.74) is 6.01. The van der Waals surface area contributed by atoms with Gasteiger partial charge in [0.1, 0.15) is 0 Å². The summed E-state index contributed by atoms with van der Waals surface area (Å²) >= 11 is 4.96. The molecule has 0 aromatic carbocycles. The number of pyridine rings is 1. The first-order chi connectivity index (χ1) is 8.50. The molecule has 1 rings (SSSR count). The first kappa shape index (κ1) is 14.6. The molecular weight excluding hydrogens is 246 g/mol. The second-order valence-corrected chi connectivity index (χ2v) is 4.85. The Bertz CT molecular complexity index is 422. The molecule has 98 valence electrons. The number of hydrogen-bond donors (Lipinski definition) is 2. The fourth-order valence-electron chi connectivity index (χ4n) is 1.51. The lowest BCUT2D eigenvalue weighted by atomic mass is 9.86. The van der Waals surface area contributed by atoms with Crippen molar-refractivity contribution < 1.29 is 4.79 Å². The maximum atomic E-state index is 12.0. The average molecular weight is 265 g/mol. The van der Waals surface area contributed by atoms with E-state index in [2.05, 4.69) is 10.3 Å². The molecule has 1 unspecified atom stereocenters. The fraction of sp³-hybridized carbons (Fsp3) is 0.462. The summed E-state index contributed by atoms with van der Waals surface area (Å²) in [6.07, 6.45) is 4.85. The molecule has 3 N–H and O–H groups in total. The monoisotopic (exact) mass is 265 g/mol. The van der Waals surface area contributed by atoms with Gasteiger partial charge >= 0.3 is 0 Å². The molecule has 5 heteroatoms. The van der Waals surface area contributed by atoms with Gasteiger partial charge in [0.2, 0.25) is 5.91 Å². The predicted molar refractivity (Wildman–Crippen MR) is 76.1 cm³/mol. The molecule has 0 aliphatic heterocycles. The van der Waals surface area contributed by atoms with E-state index >= 15 is 0 Å². The first-order valence-electron chi connectivity index (χ1n) is 5.98. The van der Waals surface area contributed by atoms with Gasteiger partial charge in [0.25, 0.3) is 0 Å². The maximum Gasteiger partial charge on any atom is 0.232 e. The van der Waals surface area contributed by atoms with Gasteiger partial charge in [0.05, 0.1) is 10.4 Å². The fourth-order valence-corrected chi connectivity index (χ4v) is 1.75. The van der Waals surface area contributed by atoms with Crippen LogP contribution in [0.2, 0.25) is 0 Å². The van der Waals surface area contributed by atoms with Crippen LogP contribution in [0.4, 0.5) is 0 Å². The highest BCUT2D eigenvalue weighted by molar-refractivity contribution is 7.80. The van der Waals surface area contributed by atoms with E-state index in [-0.39, 0.29) is 10.9 Å². The smallest absolute Gasteiger partial charge is 0.232 e. The second-order valence-electron chi connectivity index (χ2n) is 4.41. The number of thiocarbonyl (C=S) groups is 1. The number of rotatable bonds is 6. The van der Waals surface area contributed by atoms with Crippen LogP contribution in [0.5, 0.6) is 0 Å². The van der Waals surface area contributed by atoms with Crippen LogP contribution in [0.3, 0.4) is 0 Å². The van der Waals surface area contributed by atoms with Crippen LogP contribution < -0.4 is 11.1 Å². The van der Waals surface area contributed by atoms with Crippen molar-refractivity contribution in [3.8, 4) is 0 Å². The average Bonchev–Trinajstić information content (AvgIpc) is 2.38. The minimum atomic E-state index is -0.756. The van der Waals surface area contributed by atoms with Gasteiger partial charge in [-0.1, -0.05) is 19.1 Å². The molecule has 0 aliphatic rings. The summed E-state index contributed by atoms with van der Waals surface area (Å²) < 4.78 is 0. The summed E-state index contributed by atoms with van der Waals surface area (Å²) in [4.78, 5) is 16.2. The SMILES string of the molecule is CCC(C)(C(=O)NCCc1ccncc1)C(N)=S. The highest BCUT2D eigenvalue weighted by atomic mass is 32.1. The minimum absolute atomic E-state index is 0.105. The topological polar surface area (TPSA) is 68.0 Å². The molecule has 0 fully saturated rings. The summed E-state index contributed by atoms with van der Waals surface area (Å²) in [5.74, 6) is -0.105. The lowest BCUT2D eigenvalue weighted by Gasteiger charge is -2.25. The number of nitrogens with zero attached hydrogens (tertiary/aromatic N) is 1. The van der Waals surface area contributed by atoms with Crippen molar-refractivity contribution >= 4 is 23.1 Å². The Morgan fingerprint density at radius 3 is 2.61 bits per heavy atom. The lowest BCUT2D eigenvalue weighted by molar-refractivity contribution is -0.126. The predicted octanol–water partition coefficient (Wildman–Crippen LogP) is 1.44. The Morgan fingerprint density at radius 1 is 1.50 bits per heavy atom. The van der Waals surface area contributed by atoms with Crippen LogP contribution in [0.25, 0.3) is 0 Å². The van der Waals surface area contributed by atoms with Gasteiger partial charge in [-0.2, -0.15) is 0 Å². The number of aromatic nitrogens is 1. The second kappa shape index (κ2) is 6.44. The molecule has 18 heavy (non-hydrogen) atoms. The van der Waals surface area contributed by atoms with E-state index in [1.807, 2.05) is 19.1 Å². The first-order valence-corrected chi connectivity index (χ1v) is 6.38. The zero-order valence-electron chi connectivity index (χ0n) is 10.8. The number of hydrogen-bond acceptors (Lipinski definition) is 3. The Morgan fingerprint density at radius 2 is 2.11 bits per heavy atom. The molecule has 1 heterocycles. The van der Waals surface area contributed by atoms with Crippen LogP contribution in [-0.2, 0) is 11.2 Å².